The summed E-state index contributed by atoms with van der Waals surface area (Å²) in [4.78, 5) is 0. The highest BCUT2D eigenvalue weighted by atomic mass is 32.2. The molecule has 12 heavy (non-hydrogen) atoms. The van der Waals surface area contributed by atoms with Crippen LogP contribution < -0.4 is 0 Å². The zero-order chi connectivity index (χ0) is 9.78. The molecule has 0 spiro atoms. The van der Waals surface area contributed by atoms with Gasteiger partial charge in [0.15, 0.2) is 0 Å². The van der Waals surface area contributed by atoms with E-state index in [0.29, 0.717) is 0 Å². The Morgan fingerprint density at radius 3 is 2.17 bits per heavy atom. The summed E-state index contributed by atoms with van der Waals surface area (Å²) < 4.78 is 24.9. The SMILES string of the molecule is CS(=O)(=O)OC[C@H](O)[C@@H](O)CO. The second-order valence-electron chi connectivity index (χ2n) is 2.31. The molecule has 2 atom stereocenters. The van der Waals surface area contributed by atoms with Gasteiger partial charge in [-0.15, -0.1) is 0 Å². The number of aliphatic hydroxyl groups excluding tert-OH is 3. The molecule has 0 rings (SSSR count). The lowest BCUT2D eigenvalue weighted by molar-refractivity contribution is -0.0327. The molecule has 0 aromatic carbocycles. The van der Waals surface area contributed by atoms with Gasteiger partial charge in [-0.3, -0.25) is 4.18 Å². The first-order valence-electron chi connectivity index (χ1n) is 3.18. The molecule has 0 heterocycles. The van der Waals surface area contributed by atoms with Crippen LogP contribution in [0.3, 0.4) is 0 Å². The lowest BCUT2D eigenvalue weighted by Gasteiger charge is -2.14. The van der Waals surface area contributed by atoms with Crippen molar-refractivity contribution < 1.29 is 27.9 Å². The molecule has 0 saturated heterocycles. The number of rotatable bonds is 5. The van der Waals surface area contributed by atoms with Gasteiger partial charge in [-0.25, -0.2) is 0 Å². The van der Waals surface area contributed by atoms with Crippen molar-refractivity contribution >= 4 is 10.1 Å². The smallest absolute Gasteiger partial charge is 0.264 e. The maximum Gasteiger partial charge on any atom is 0.264 e. The van der Waals surface area contributed by atoms with E-state index in [1.54, 1.807) is 0 Å². The average Bonchev–Trinajstić information content (AvgIpc) is 1.97. The summed E-state index contributed by atoms with van der Waals surface area (Å²) in [6, 6.07) is 0. The van der Waals surface area contributed by atoms with Crippen molar-refractivity contribution in [3.05, 3.63) is 0 Å². The topological polar surface area (TPSA) is 104 Å². The normalized spacial score (nSPS) is 17.3. The standard InChI is InChI=1S/C5H12O6S/c1-12(9,10)11-3-5(8)4(7)2-6/h4-8H,2-3H2,1H3/t4-,5-/m0/s1. The van der Waals surface area contributed by atoms with E-state index in [9.17, 15) is 8.42 Å². The first-order valence-corrected chi connectivity index (χ1v) is 5.00. The van der Waals surface area contributed by atoms with E-state index < -0.39 is 35.5 Å². The van der Waals surface area contributed by atoms with Gasteiger partial charge >= 0.3 is 0 Å². The summed E-state index contributed by atoms with van der Waals surface area (Å²) in [5.74, 6) is 0. The predicted octanol–water partition coefficient (Wildman–Crippen LogP) is -2.32. The quantitative estimate of drug-likeness (QED) is 0.430. The molecule has 0 aromatic heterocycles. The van der Waals surface area contributed by atoms with Crippen LogP contribution in [-0.2, 0) is 14.3 Å². The highest BCUT2D eigenvalue weighted by Gasteiger charge is 2.17. The van der Waals surface area contributed by atoms with Crippen molar-refractivity contribution in [2.24, 2.45) is 0 Å². The Balaban J connectivity index is 3.79. The largest absolute Gasteiger partial charge is 0.394 e. The second-order valence-corrected chi connectivity index (χ2v) is 3.95. The third kappa shape index (κ3) is 5.44. The Kier molecular flexibility index (Phi) is 4.64. The van der Waals surface area contributed by atoms with Crippen LogP contribution in [0.2, 0.25) is 0 Å². The number of aliphatic hydroxyl groups is 3. The van der Waals surface area contributed by atoms with Crippen molar-refractivity contribution in [3.63, 3.8) is 0 Å². The molecule has 3 N–H and O–H groups in total. The Hall–Kier alpha value is -0.210. The molecule has 0 aliphatic carbocycles. The van der Waals surface area contributed by atoms with Crippen LogP contribution in [-0.4, -0.2) is 55.4 Å². The lowest BCUT2D eigenvalue weighted by Crippen LogP contribution is -2.33. The Morgan fingerprint density at radius 2 is 1.83 bits per heavy atom. The third-order valence-electron chi connectivity index (χ3n) is 1.08. The molecule has 0 aliphatic heterocycles. The molecule has 6 nitrogen and oxygen atoms in total. The molecule has 0 aliphatic rings. The fourth-order valence-corrected chi connectivity index (χ4v) is 0.813. The van der Waals surface area contributed by atoms with Crippen LogP contribution in [0.25, 0.3) is 0 Å². The third-order valence-corrected chi connectivity index (χ3v) is 1.65. The molecule has 0 fully saturated rings. The van der Waals surface area contributed by atoms with Crippen LogP contribution >= 0.6 is 0 Å². The first-order chi connectivity index (χ1) is 5.37. The first kappa shape index (κ1) is 11.8. The van der Waals surface area contributed by atoms with Crippen LogP contribution in [0.15, 0.2) is 0 Å². The Labute approximate surface area is 70.5 Å². The molecule has 0 bridgehead atoms. The molecule has 0 unspecified atom stereocenters. The Morgan fingerprint density at radius 1 is 1.33 bits per heavy atom. The molecular formula is C5H12O6S. The average molecular weight is 200 g/mol. The van der Waals surface area contributed by atoms with E-state index >= 15 is 0 Å². The molecule has 7 heteroatoms. The minimum atomic E-state index is -3.61. The van der Waals surface area contributed by atoms with Crippen molar-refractivity contribution in [2.45, 2.75) is 12.2 Å². The maximum absolute atomic E-state index is 10.4. The van der Waals surface area contributed by atoms with Crippen molar-refractivity contribution in [1.82, 2.24) is 0 Å². The number of hydrogen-bond acceptors (Lipinski definition) is 6. The summed E-state index contributed by atoms with van der Waals surface area (Å²) in [5.41, 5.74) is 0. The minimum absolute atomic E-state index is 0.555. The van der Waals surface area contributed by atoms with Gasteiger partial charge in [0.2, 0.25) is 0 Å². The highest BCUT2D eigenvalue weighted by molar-refractivity contribution is 7.85. The summed E-state index contributed by atoms with van der Waals surface area (Å²) in [6.07, 6.45) is -1.96. The van der Waals surface area contributed by atoms with E-state index in [1.165, 1.54) is 0 Å². The van der Waals surface area contributed by atoms with Gasteiger partial charge in [0.25, 0.3) is 10.1 Å². The van der Waals surface area contributed by atoms with Crippen molar-refractivity contribution in [3.8, 4) is 0 Å². The van der Waals surface area contributed by atoms with Gasteiger partial charge in [0.05, 0.1) is 19.5 Å². The molecule has 0 saturated carbocycles. The maximum atomic E-state index is 10.4. The molecular weight excluding hydrogens is 188 g/mol. The van der Waals surface area contributed by atoms with Crippen LogP contribution in [0.1, 0.15) is 0 Å². The van der Waals surface area contributed by atoms with Crippen LogP contribution in [0, 0.1) is 0 Å². The van der Waals surface area contributed by atoms with E-state index in [1.807, 2.05) is 0 Å². The Bertz CT molecular complexity index is 210. The predicted molar refractivity (Wildman–Crippen MR) is 39.9 cm³/mol. The fraction of sp³-hybridized carbons (Fsp3) is 1.00. The van der Waals surface area contributed by atoms with Gasteiger partial charge < -0.3 is 15.3 Å². The molecule has 0 aromatic rings. The molecule has 74 valence electrons. The highest BCUT2D eigenvalue weighted by Crippen LogP contribution is 1.96. The van der Waals surface area contributed by atoms with E-state index in [4.69, 9.17) is 15.3 Å². The monoisotopic (exact) mass is 200 g/mol. The van der Waals surface area contributed by atoms with Crippen LogP contribution in [0.5, 0.6) is 0 Å². The lowest BCUT2D eigenvalue weighted by atomic mass is 10.2. The molecule has 0 radical (unpaired) electrons. The van der Waals surface area contributed by atoms with Gasteiger partial charge in [-0.2, -0.15) is 8.42 Å². The van der Waals surface area contributed by atoms with Gasteiger partial charge in [-0.05, 0) is 0 Å². The van der Waals surface area contributed by atoms with E-state index in [2.05, 4.69) is 4.18 Å². The van der Waals surface area contributed by atoms with Crippen LogP contribution in [0.4, 0.5) is 0 Å². The van der Waals surface area contributed by atoms with Gasteiger partial charge in [-0.1, -0.05) is 0 Å². The second kappa shape index (κ2) is 4.73. The van der Waals surface area contributed by atoms with E-state index in [0.717, 1.165) is 6.26 Å². The zero-order valence-corrected chi connectivity index (χ0v) is 7.36. The fourth-order valence-electron chi connectivity index (χ4n) is 0.426. The summed E-state index contributed by atoms with van der Waals surface area (Å²) in [7, 11) is -3.61. The number of hydrogen-bond donors (Lipinski definition) is 3. The zero-order valence-electron chi connectivity index (χ0n) is 6.54. The van der Waals surface area contributed by atoms with Gasteiger partial charge in [0.1, 0.15) is 12.2 Å². The van der Waals surface area contributed by atoms with E-state index in [-0.39, 0.29) is 0 Å². The minimum Gasteiger partial charge on any atom is -0.394 e. The van der Waals surface area contributed by atoms with Crippen molar-refractivity contribution in [2.75, 3.05) is 19.5 Å². The van der Waals surface area contributed by atoms with Gasteiger partial charge in [0, 0.05) is 0 Å². The molecule has 0 amide bonds. The summed E-state index contributed by atoms with van der Waals surface area (Å²) >= 11 is 0. The summed E-state index contributed by atoms with van der Waals surface area (Å²) in [5, 5.41) is 25.9. The summed E-state index contributed by atoms with van der Waals surface area (Å²) in [6.45, 7) is -1.20. The van der Waals surface area contributed by atoms with Crippen molar-refractivity contribution in [1.29, 1.82) is 0 Å².